The Hall–Kier alpha value is -1.40. The zero-order chi connectivity index (χ0) is 25.5. The molecule has 6 nitrogen and oxygen atoms in total. The van der Waals surface area contributed by atoms with Crippen LogP contribution in [0.3, 0.4) is 0 Å². The van der Waals surface area contributed by atoms with Crippen molar-refractivity contribution < 1.29 is 30.0 Å². The maximum absolute atomic E-state index is 11.2. The summed E-state index contributed by atoms with van der Waals surface area (Å²) >= 11 is 0. The van der Waals surface area contributed by atoms with Gasteiger partial charge in [0.05, 0.1) is 23.0 Å². The van der Waals surface area contributed by atoms with Gasteiger partial charge >= 0.3 is 11.9 Å². The Bertz CT molecular complexity index is 639. The second-order valence-electron chi connectivity index (χ2n) is 12.2. The highest BCUT2D eigenvalue weighted by Crippen LogP contribution is 2.39. The molecule has 0 saturated heterocycles. The summed E-state index contributed by atoms with van der Waals surface area (Å²) in [5.41, 5.74) is -1.37. The predicted molar refractivity (Wildman–Crippen MR) is 133 cm³/mol. The Labute approximate surface area is 205 Å². The van der Waals surface area contributed by atoms with Crippen LogP contribution in [0.5, 0.6) is 0 Å². The lowest BCUT2D eigenvalue weighted by molar-refractivity contribution is -0.148. The van der Waals surface area contributed by atoms with E-state index in [9.17, 15) is 30.0 Å². The van der Waals surface area contributed by atoms with E-state index in [0.717, 1.165) is 64.2 Å². The monoisotopic (exact) mass is 480 g/mol. The van der Waals surface area contributed by atoms with Crippen molar-refractivity contribution in [3.63, 3.8) is 0 Å². The summed E-state index contributed by atoms with van der Waals surface area (Å²) in [5, 5.41) is 40.0. The molecular weight excluding hydrogens is 432 g/mol. The van der Waals surface area contributed by atoms with E-state index in [1.807, 2.05) is 0 Å². The van der Waals surface area contributed by atoms with Crippen LogP contribution in [0.15, 0.2) is 12.2 Å². The standard InChI is InChI=1S/C28H48O6/c1-27(2,25(31)32)17-7-5-9-19-11-13-21(23(19)29)15-16-22-14-12-20(24(22)30)10-6-8-18-28(3,4)26(33)34/h15-16,19-24,29-30H,5-14,17-18H2,1-4H3,(H,31,32)(H,33,34)/b16-15-. The molecule has 0 heterocycles. The van der Waals surface area contributed by atoms with Crippen LogP contribution in [0.4, 0.5) is 0 Å². The molecular formula is C28H48O6. The molecule has 34 heavy (non-hydrogen) atoms. The summed E-state index contributed by atoms with van der Waals surface area (Å²) in [7, 11) is 0. The molecule has 0 amide bonds. The SMILES string of the molecule is CC(C)(CCCCC1CCC(/C=C\C2CCC(CCCCC(C)(C)C(=O)O)C2O)C1O)C(=O)O. The summed E-state index contributed by atoms with van der Waals surface area (Å²) in [5.74, 6) is -0.665. The maximum atomic E-state index is 11.2. The Balaban J connectivity index is 1.70. The fraction of sp³-hybridized carbons (Fsp3) is 0.857. The maximum Gasteiger partial charge on any atom is 0.309 e. The molecule has 2 aliphatic rings. The van der Waals surface area contributed by atoms with Gasteiger partial charge in [0.25, 0.3) is 0 Å². The van der Waals surface area contributed by atoms with Crippen molar-refractivity contribution in [2.75, 3.05) is 0 Å². The van der Waals surface area contributed by atoms with Crippen LogP contribution in [-0.2, 0) is 9.59 Å². The number of aliphatic carboxylic acids is 2. The largest absolute Gasteiger partial charge is 0.481 e. The highest BCUT2D eigenvalue weighted by Gasteiger charge is 2.36. The van der Waals surface area contributed by atoms with Crippen molar-refractivity contribution in [1.82, 2.24) is 0 Å². The van der Waals surface area contributed by atoms with Gasteiger partial charge in [-0.1, -0.05) is 37.8 Å². The number of hydrogen-bond donors (Lipinski definition) is 4. The molecule has 2 fully saturated rings. The Morgan fingerprint density at radius 2 is 1.03 bits per heavy atom. The zero-order valence-electron chi connectivity index (χ0n) is 21.7. The van der Waals surface area contributed by atoms with Crippen LogP contribution < -0.4 is 0 Å². The van der Waals surface area contributed by atoms with E-state index in [0.29, 0.717) is 12.8 Å². The topological polar surface area (TPSA) is 115 Å². The molecule has 6 heteroatoms. The van der Waals surface area contributed by atoms with Gasteiger partial charge in [0.15, 0.2) is 0 Å². The summed E-state index contributed by atoms with van der Waals surface area (Å²) in [6, 6.07) is 0. The van der Waals surface area contributed by atoms with Crippen molar-refractivity contribution in [3.8, 4) is 0 Å². The lowest BCUT2D eigenvalue weighted by Gasteiger charge is -2.21. The first-order valence-electron chi connectivity index (χ1n) is 13.4. The minimum atomic E-state index is -0.753. The zero-order valence-corrected chi connectivity index (χ0v) is 21.7. The first-order chi connectivity index (χ1) is 15.8. The molecule has 0 aromatic rings. The van der Waals surface area contributed by atoms with E-state index in [4.69, 9.17) is 0 Å². The van der Waals surface area contributed by atoms with Gasteiger partial charge in [-0.15, -0.1) is 0 Å². The smallest absolute Gasteiger partial charge is 0.309 e. The molecule has 0 aromatic carbocycles. The van der Waals surface area contributed by atoms with Gasteiger partial charge in [0, 0.05) is 11.8 Å². The third-order valence-corrected chi connectivity index (χ3v) is 8.60. The summed E-state index contributed by atoms with van der Waals surface area (Å²) in [6.07, 6.45) is 14.3. The highest BCUT2D eigenvalue weighted by molar-refractivity contribution is 5.73. The van der Waals surface area contributed by atoms with Gasteiger partial charge in [-0.05, 0) is 90.9 Å². The molecule has 6 unspecified atom stereocenters. The van der Waals surface area contributed by atoms with Crippen LogP contribution in [0.2, 0.25) is 0 Å². The lowest BCUT2D eigenvalue weighted by Crippen LogP contribution is -2.24. The number of aliphatic hydroxyl groups excluding tert-OH is 2. The van der Waals surface area contributed by atoms with Gasteiger partial charge in [0.1, 0.15) is 0 Å². The normalized spacial score (nSPS) is 30.3. The first-order valence-corrected chi connectivity index (χ1v) is 13.4. The van der Waals surface area contributed by atoms with Crippen molar-refractivity contribution in [1.29, 1.82) is 0 Å². The van der Waals surface area contributed by atoms with Gasteiger partial charge < -0.3 is 20.4 Å². The van der Waals surface area contributed by atoms with Crippen molar-refractivity contribution in [2.24, 2.45) is 34.5 Å². The molecule has 196 valence electrons. The second-order valence-corrected chi connectivity index (χ2v) is 12.2. The number of hydrogen-bond acceptors (Lipinski definition) is 4. The van der Waals surface area contributed by atoms with Gasteiger partial charge in [0.2, 0.25) is 0 Å². The molecule has 6 atom stereocenters. The van der Waals surface area contributed by atoms with Gasteiger partial charge in [-0.3, -0.25) is 9.59 Å². The fourth-order valence-electron chi connectivity index (χ4n) is 5.69. The molecule has 0 bridgehead atoms. The number of aliphatic hydroxyl groups is 2. The second kappa shape index (κ2) is 12.5. The fourth-order valence-corrected chi connectivity index (χ4v) is 5.69. The summed E-state index contributed by atoms with van der Waals surface area (Å²) in [6.45, 7) is 7.07. The average molecular weight is 481 g/mol. The number of unbranched alkanes of at least 4 members (excludes halogenated alkanes) is 2. The van der Waals surface area contributed by atoms with E-state index >= 15 is 0 Å². The molecule has 4 N–H and O–H groups in total. The molecule has 0 spiro atoms. The number of carboxylic acid groups (broad SMARTS) is 2. The van der Waals surface area contributed by atoms with Crippen molar-refractivity contribution in [2.45, 2.75) is 117 Å². The number of carbonyl (C=O) groups is 2. The molecule has 2 saturated carbocycles. The van der Waals surface area contributed by atoms with E-state index in [2.05, 4.69) is 12.2 Å². The molecule has 2 rings (SSSR count). The van der Waals surface area contributed by atoms with Crippen LogP contribution in [0.25, 0.3) is 0 Å². The average Bonchev–Trinajstić information content (AvgIpc) is 3.29. The van der Waals surface area contributed by atoms with Crippen molar-refractivity contribution >= 4 is 11.9 Å². The van der Waals surface area contributed by atoms with Gasteiger partial charge in [-0.25, -0.2) is 0 Å². The molecule has 2 aliphatic carbocycles. The third kappa shape index (κ3) is 8.08. The minimum Gasteiger partial charge on any atom is -0.481 e. The van der Waals surface area contributed by atoms with E-state index in [1.165, 1.54) is 0 Å². The molecule has 0 aromatic heterocycles. The molecule has 0 aliphatic heterocycles. The third-order valence-electron chi connectivity index (χ3n) is 8.60. The van der Waals surface area contributed by atoms with Crippen LogP contribution in [-0.4, -0.2) is 44.6 Å². The number of rotatable bonds is 14. The summed E-state index contributed by atoms with van der Waals surface area (Å²) in [4.78, 5) is 22.5. The Kier molecular flexibility index (Phi) is 10.6. The van der Waals surface area contributed by atoms with Crippen LogP contribution >= 0.6 is 0 Å². The first kappa shape index (κ1) is 28.8. The summed E-state index contributed by atoms with van der Waals surface area (Å²) < 4.78 is 0. The Morgan fingerprint density at radius 3 is 1.35 bits per heavy atom. The number of carboxylic acids is 2. The van der Waals surface area contributed by atoms with E-state index in [1.54, 1.807) is 27.7 Å². The van der Waals surface area contributed by atoms with Crippen LogP contribution in [0.1, 0.15) is 105 Å². The minimum absolute atomic E-state index is 0.143. The van der Waals surface area contributed by atoms with Crippen LogP contribution in [0, 0.1) is 34.5 Å². The predicted octanol–water partition coefficient (Wildman–Crippen LogP) is 5.66. The van der Waals surface area contributed by atoms with Crippen molar-refractivity contribution in [3.05, 3.63) is 12.2 Å². The Morgan fingerprint density at radius 1 is 0.676 bits per heavy atom. The van der Waals surface area contributed by atoms with E-state index in [-0.39, 0.29) is 35.9 Å². The lowest BCUT2D eigenvalue weighted by atomic mass is 9.85. The van der Waals surface area contributed by atoms with Gasteiger partial charge in [-0.2, -0.15) is 0 Å². The highest BCUT2D eigenvalue weighted by atomic mass is 16.4. The molecule has 0 radical (unpaired) electrons. The quantitative estimate of drug-likeness (QED) is 0.188. The van der Waals surface area contributed by atoms with E-state index < -0.39 is 22.8 Å².